The Labute approximate surface area is 103 Å². The molecule has 5 unspecified atom stereocenters. The van der Waals surface area contributed by atoms with Crippen molar-refractivity contribution in [2.45, 2.75) is 31.4 Å². The summed E-state index contributed by atoms with van der Waals surface area (Å²) in [6, 6.07) is 0.147. The molecule has 5 atom stereocenters. The van der Waals surface area contributed by atoms with Crippen LogP contribution in [0, 0.1) is 17.8 Å². The Morgan fingerprint density at radius 1 is 1.35 bits per heavy atom. The highest BCUT2D eigenvalue weighted by molar-refractivity contribution is 5.77. The van der Waals surface area contributed by atoms with Gasteiger partial charge >= 0.3 is 0 Å². The molecule has 17 heavy (non-hydrogen) atoms. The number of carbonyl (C=O) groups excluding carboxylic acids is 1. The summed E-state index contributed by atoms with van der Waals surface area (Å²) in [7, 11) is 3.98. The van der Waals surface area contributed by atoms with Gasteiger partial charge in [-0.05, 0) is 44.7 Å². The van der Waals surface area contributed by atoms with Crippen LogP contribution in [0.25, 0.3) is 0 Å². The first-order valence-electron chi connectivity index (χ1n) is 6.70. The zero-order valence-electron chi connectivity index (χ0n) is 10.7. The van der Waals surface area contributed by atoms with Crippen molar-refractivity contribution in [3.8, 4) is 0 Å². The molecule has 0 spiro atoms. The van der Waals surface area contributed by atoms with Crippen LogP contribution in [-0.2, 0) is 4.79 Å². The Morgan fingerprint density at radius 3 is 2.76 bits per heavy atom. The molecule has 1 saturated heterocycles. The van der Waals surface area contributed by atoms with E-state index in [2.05, 4.69) is 0 Å². The third kappa shape index (κ3) is 1.69. The first-order chi connectivity index (χ1) is 8.08. The molecule has 0 aromatic rings. The lowest BCUT2D eigenvalue weighted by Crippen LogP contribution is -2.44. The van der Waals surface area contributed by atoms with Crippen molar-refractivity contribution < 1.29 is 9.90 Å². The molecule has 3 rings (SSSR count). The maximum atomic E-state index is 12.2. The summed E-state index contributed by atoms with van der Waals surface area (Å²) in [5.41, 5.74) is 0. The van der Waals surface area contributed by atoms with Crippen LogP contribution < -0.4 is 0 Å². The number of carbonyl (C=O) groups is 1. The summed E-state index contributed by atoms with van der Waals surface area (Å²) in [5, 5.41) is 10.2. The second kappa shape index (κ2) is 3.95. The second-order valence-corrected chi connectivity index (χ2v) is 6.24. The number of nitrogens with zero attached hydrogens (tertiary/aromatic N) is 2. The minimum atomic E-state index is -0.248. The molecule has 3 fully saturated rings. The van der Waals surface area contributed by atoms with Crippen LogP contribution in [0.3, 0.4) is 0 Å². The van der Waals surface area contributed by atoms with E-state index in [0.29, 0.717) is 24.2 Å². The van der Waals surface area contributed by atoms with Crippen molar-refractivity contribution in [3.63, 3.8) is 0 Å². The Bertz CT molecular complexity index is 329. The highest BCUT2D eigenvalue weighted by Gasteiger charge is 2.59. The van der Waals surface area contributed by atoms with E-state index in [1.54, 1.807) is 0 Å². The molecule has 1 heterocycles. The predicted molar refractivity (Wildman–Crippen MR) is 64.4 cm³/mol. The minimum Gasteiger partial charge on any atom is -0.391 e. The third-order valence-corrected chi connectivity index (χ3v) is 4.94. The Morgan fingerprint density at radius 2 is 2.12 bits per heavy atom. The lowest BCUT2D eigenvalue weighted by Gasteiger charge is -2.29. The van der Waals surface area contributed by atoms with Crippen LogP contribution in [0.2, 0.25) is 0 Å². The van der Waals surface area contributed by atoms with E-state index in [4.69, 9.17) is 0 Å². The molecule has 2 saturated carbocycles. The standard InChI is InChI=1S/C13H22N2O2/c1-14(2)4-3-11(16)15-7-9-5-8-6-10(9)12(15)13(8)17/h8-10,12-13,17H,3-7H2,1-2H3. The molecule has 2 bridgehead atoms. The molecule has 2 aliphatic carbocycles. The quantitative estimate of drug-likeness (QED) is 0.762. The van der Waals surface area contributed by atoms with E-state index >= 15 is 0 Å². The normalized spacial score (nSPS) is 42.8. The summed E-state index contributed by atoms with van der Waals surface area (Å²) in [6.07, 6.45) is 2.62. The molecular formula is C13H22N2O2. The SMILES string of the molecule is CN(C)CCC(=O)N1CC2CC3CC2C1C3O. The maximum Gasteiger partial charge on any atom is 0.224 e. The highest BCUT2D eigenvalue weighted by atomic mass is 16.3. The van der Waals surface area contributed by atoms with Crippen molar-refractivity contribution in [2.24, 2.45) is 17.8 Å². The first kappa shape index (κ1) is 11.5. The summed E-state index contributed by atoms with van der Waals surface area (Å²) in [5.74, 6) is 1.98. The first-order valence-corrected chi connectivity index (χ1v) is 6.70. The van der Waals surface area contributed by atoms with E-state index in [0.717, 1.165) is 25.9 Å². The monoisotopic (exact) mass is 238 g/mol. The predicted octanol–water partition coefficient (Wildman–Crippen LogP) is 0.166. The minimum absolute atomic E-state index is 0.147. The number of rotatable bonds is 3. The third-order valence-electron chi connectivity index (χ3n) is 4.94. The van der Waals surface area contributed by atoms with Gasteiger partial charge in [0.25, 0.3) is 0 Å². The van der Waals surface area contributed by atoms with E-state index in [1.165, 1.54) is 0 Å². The van der Waals surface area contributed by atoms with Crippen LogP contribution >= 0.6 is 0 Å². The van der Waals surface area contributed by atoms with Crippen LogP contribution in [0.1, 0.15) is 19.3 Å². The number of aliphatic hydroxyl groups is 1. The van der Waals surface area contributed by atoms with Gasteiger partial charge in [-0.1, -0.05) is 0 Å². The summed E-state index contributed by atoms with van der Waals surface area (Å²) < 4.78 is 0. The largest absolute Gasteiger partial charge is 0.391 e. The van der Waals surface area contributed by atoms with Gasteiger partial charge in [-0.25, -0.2) is 0 Å². The molecule has 0 radical (unpaired) electrons. The van der Waals surface area contributed by atoms with E-state index in [1.807, 2.05) is 23.9 Å². The van der Waals surface area contributed by atoms with E-state index in [-0.39, 0.29) is 18.1 Å². The number of hydrogen-bond donors (Lipinski definition) is 1. The van der Waals surface area contributed by atoms with Gasteiger partial charge in [0.05, 0.1) is 12.1 Å². The zero-order chi connectivity index (χ0) is 12.2. The maximum absolute atomic E-state index is 12.2. The van der Waals surface area contributed by atoms with Crippen LogP contribution in [0.4, 0.5) is 0 Å². The van der Waals surface area contributed by atoms with Crippen molar-refractivity contribution in [1.82, 2.24) is 9.80 Å². The van der Waals surface area contributed by atoms with Gasteiger partial charge in [-0.3, -0.25) is 4.79 Å². The molecular weight excluding hydrogens is 216 g/mol. The lowest BCUT2D eigenvalue weighted by atomic mass is 9.88. The number of likely N-dealkylation sites (tertiary alicyclic amines) is 1. The number of hydrogen-bond acceptors (Lipinski definition) is 3. The summed E-state index contributed by atoms with van der Waals surface area (Å²) in [4.78, 5) is 16.2. The average Bonchev–Trinajstić information content (AvgIpc) is 2.85. The van der Waals surface area contributed by atoms with Crippen LogP contribution in [-0.4, -0.2) is 60.1 Å². The molecule has 1 amide bonds. The highest BCUT2D eigenvalue weighted by Crippen LogP contribution is 2.54. The van der Waals surface area contributed by atoms with Gasteiger partial charge in [0.15, 0.2) is 0 Å². The average molecular weight is 238 g/mol. The van der Waals surface area contributed by atoms with E-state index in [9.17, 15) is 9.90 Å². The van der Waals surface area contributed by atoms with Crippen LogP contribution in [0.5, 0.6) is 0 Å². The number of fused-ring (bicyclic) bond motifs is 1. The fourth-order valence-corrected chi connectivity index (χ4v) is 4.16. The Hall–Kier alpha value is -0.610. The molecule has 1 aliphatic heterocycles. The van der Waals surface area contributed by atoms with Gasteiger partial charge in [0.1, 0.15) is 0 Å². The number of aliphatic hydroxyl groups excluding tert-OH is 1. The molecule has 0 aromatic carbocycles. The molecule has 3 aliphatic rings. The van der Waals surface area contributed by atoms with Crippen LogP contribution in [0.15, 0.2) is 0 Å². The Kier molecular flexibility index (Phi) is 2.67. The van der Waals surface area contributed by atoms with Crippen molar-refractivity contribution in [1.29, 1.82) is 0 Å². The number of amides is 1. The van der Waals surface area contributed by atoms with Crippen molar-refractivity contribution in [3.05, 3.63) is 0 Å². The smallest absolute Gasteiger partial charge is 0.224 e. The van der Waals surface area contributed by atoms with Gasteiger partial charge in [0, 0.05) is 19.5 Å². The summed E-state index contributed by atoms with van der Waals surface area (Å²) >= 11 is 0. The zero-order valence-corrected chi connectivity index (χ0v) is 10.7. The van der Waals surface area contributed by atoms with Gasteiger partial charge in [0.2, 0.25) is 5.91 Å². The molecule has 96 valence electrons. The molecule has 1 N–H and O–H groups in total. The Balaban J connectivity index is 1.67. The van der Waals surface area contributed by atoms with Gasteiger partial charge < -0.3 is 14.9 Å². The fraction of sp³-hybridized carbons (Fsp3) is 0.923. The topological polar surface area (TPSA) is 43.8 Å². The second-order valence-electron chi connectivity index (χ2n) is 6.24. The lowest BCUT2D eigenvalue weighted by molar-refractivity contribution is -0.134. The summed E-state index contributed by atoms with van der Waals surface area (Å²) in [6.45, 7) is 1.70. The molecule has 4 heteroatoms. The molecule has 4 nitrogen and oxygen atoms in total. The van der Waals surface area contributed by atoms with Crippen molar-refractivity contribution in [2.75, 3.05) is 27.2 Å². The van der Waals surface area contributed by atoms with Gasteiger partial charge in [-0.15, -0.1) is 0 Å². The van der Waals surface area contributed by atoms with Crippen molar-refractivity contribution >= 4 is 5.91 Å². The molecule has 0 aromatic heterocycles. The van der Waals surface area contributed by atoms with Gasteiger partial charge in [-0.2, -0.15) is 0 Å². The fourth-order valence-electron chi connectivity index (χ4n) is 4.16. The van der Waals surface area contributed by atoms with E-state index < -0.39 is 0 Å².